The number of halogens is 1. The van der Waals surface area contributed by atoms with Crippen LogP contribution in [0.2, 0.25) is 0 Å². The van der Waals surface area contributed by atoms with Crippen molar-refractivity contribution in [2.24, 2.45) is 0 Å². The van der Waals surface area contributed by atoms with Crippen LogP contribution in [0.1, 0.15) is 5.56 Å². The molecule has 0 fully saturated rings. The van der Waals surface area contributed by atoms with Crippen LogP contribution in [0.5, 0.6) is 5.75 Å². The lowest BCUT2D eigenvalue weighted by Crippen LogP contribution is -1.97. The van der Waals surface area contributed by atoms with E-state index in [2.05, 4.69) is 0 Å². The zero-order chi connectivity index (χ0) is 13.0. The average molecular weight is 247 g/mol. The highest BCUT2D eigenvalue weighted by Gasteiger charge is 2.14. The van der Waals surface area contributed by atoms with Crippen molar-refractivity contribution in [2.75, 3.05) is 0 Å². The van der Waals surface area contributed by atoms with Crippen LogP contribution in [0.3, 0.4) is 0 Å². The van der Waals surface area contributed by atoms with Gasteiger partial charge in [-0.3, -0.25) is 10.1 Å². The van der Waals surface area contributed by atoms with Gasteiger partial charge in [-0.15, -0.1) is 0 Å². The molecule has 0 aliphatic heterocycles. The molecule has 0 spiro atoms. The molecular formula is C13H10FNO3. The monoisotopic (exact) mass is 247 g/mol. The Labute approximate surface area is 103 Å². The number of ether oxygens (including phenoxy) is 1. The lowest BCUT2D eigenvalue weighted by molar-refractivity contribution is -0.387. The molecule has 5 heteroatoms. The highest BCUT2D eigenvalue weighted by Crippen LogP contribution is 2.23. The van der Waals surface area contributed by atoms with E-state index in [1.807, 2.05) is 30.3 Å². The number of hydrogen-bond acceptors (Lipinski definition) is 3. The van der Waals surface area contributed by atoms with Crippen molar-refractivity contribution in [1.82, 2.24) is 0 Å². The lowest BCUT2D eigenvalue weighted by Gasteiger charge is -2.06. The molecule has 0 radical (unpaired) electrons. The number of rotatable bonds is 4. The number of nitrogens with zero attached hydrogens (tertiary/aromatic N) is 1. The molecule has 2 aromatic rings. The highest BCUT2D eigenvalue weighted by molar-refractivity contribution is 5.39. The van der Waals surface area contributed by atoms with Crippen LogP contribution in [-0.4, -0.2) is 4.92 Å². The molecule has 0 atom stereocenters. The minimum atomic E-state index is -0.868. The molecule has 0 N–H and O–H groups in total. The van der Waals surface area contributed by atoms with Crippen molar-refractivity contribution in [1.29, 1.82) is 0 Å². The van der Waals surface area contributed by atoms with Gasteiger partial charge in [0, 0.05) is 0 Å². The van der Waals surface area contributed by atoms with Crippen LogP contribution in [0.25, 0.3) is 0 Å². The fourth-order valence-electron chi connectivity index (χ4n) is 1.46. The second-order valence-corrected chi connectivity index (χ2v) is 3.64. The third kappa shape index (κ3) is 2.82. The van der Waals surface area contributed by atoms with Crippen molar-refractivity contribution in [3.05, 3.63) is 70.0 Å². The Morgan fingerprint density at radius 2 is 1.89 bits per heavy atom. The molecule has 0 heterocycles. The Hall–Kier alpha value is -2.43. The molecule has 0 bridgehead atoms. The minimum Gasteiger partial charge on any atom is -0.489 e. The second-order valence-electron chi connectivity index (χ2n) is 3.64. The topological polar surface area (TPSA) is 52.4 Å². The van der Waals surface area contributed by atoms with Gasteiger partial charge in [0.25, 0.3) is 0 Å². The smallest absolute Gasteiger partial charge is 0.308 e. The van der Waals surface area contributed by atoms with Crippen LogP contribution >= 0.6 is 0 Å². The van der Waals surface area contributed by atoms with Gasteiger partial charge in [-0.1, -0.05) is 30.3 Å². The maximum Gasteiger partial charge on any atom is 0.308 e. The number of nitro benzene ring substituents is 1. The molecule has 18 heavy (non-hydrogen) atoms. The van der Waals surface area contributed by atoms with E-state index in [9.17, 15) is 14.5 Å². The Morgan fingerprint density at radius 1 is 1.17 bits per heavy atom. The molecule has 0 aromatic heterocycles. The number of nitro groups is 1. The van der Waals surface area contributed by atoms with Crippen molar-refractivity contribution in [3.63, 3.8) is 0 Å². The van der Waals surface area contributed by atoms with Crippen molar-refractivity contribution < 1.29 is 14.1 Å². The summed E-state index contributed by atoms with van der Waals surface area (Å²) >= 11 is 0. The van der Waals surface area contributed by atoms with Gasteiger partial charge in [0.2, 0.25) is 5.82 Å². The van der Waals surface area contributed by atoms with E-state index in [0.717, 1.165) is 17.7 Å². The molecule has 92 valence electrons. The highest BCUT2D eigenvalue weighted by atomic mass is 19.1. The van der Waals surface area contributed by atoms with Crippen LogP contribution in [-0.2, 0) is 6.61 Å². The van der Waals surface area contributed by atoms with E-state index in [1.165, 1.54) is 6.07 Å². The third-order valence-corrected chi connectivity index (χ3v) is 2.36. The van der Waals surface area contributed by atoms with E-state index < -0.39 is 16.4 Å². The van der Waals surface area contributed by atoms with E-state index in [1.54, 1.807) is 0 Å². The first kappa shape index (κ1) is 12.0. The lowest BCUT2D eigenvalue weighted by atomic mass is 10.2. The maximum absolute atomic E-state index is 13.1. The van der Waals surface area contributed by atoms with Crippen molar-refractivity contribution in [3.8, 4) is 5.75 Å². The first-order chi connectivity index (χ1) is 8.66. The van der Waals surface area contributed by atoms with Gasteiger partial charge in [0.15, 0.2) is 0 Å². The fraction of sp³-hybridized carbons (Fsp3) is 0.0769. The molecule has 0 aliphatic carbocycles. The van der Waals surface area contributed by atoms with Gasteiger partial charge in [-0.25, -0.2) is 0 Å². The van der Waals surface area contributed by atoms with Crippen LogP contribution in [0, 0.1) is 15.9 Å². The summed E-state index contributed by atoms with van der Waals surface area (Å²) in [6, 6.07) is 12.8. The van der Waals surface area contributed by atoms with Crippen LogP contribution < -0.4 is 4.74 Å². The predicted octanol–water partition coefficient (Wildman–Crippen LogP) is 3.31. The summed E-state index contributed by atoms with van der Waals surface area (Å²) in [7, 11) is 0. The van der Waals surface area contributed by atoms with Gasteiger partial charge in [0.1, 0.15) is 12.4 Å². The molecule has 2 rings (SSSR count). The number of benzene rings is 2. The van der Waals surface area contributed by atoms with Crippen LogP contribution in [0.15, 0.2) is 48.5 Å². The molecule has 2 aromatic carbocycles. The van der Waals surface area contributed by atoms with E-state index in [4.69, 9.17) is 4.74 Å². The van der Waals surface area contributed by atoms with Gasteiger partial charge in [0.05, 0.1) is 11.0 Å². The van der Waals surface area contributed by atoms with Gasteiger partial charge >= 0.3 is 5.69 Å². The Balaban J connectivity index is 2.11. The van der Waals surface area contributed by atoms with E-state index >= 15 is 0 Å². The summed E-state index contributed by atoms with van der Waals surface area (Å²) in [5.74, 6) is -0.598. The Bertz CT molecular complexity index is 557. The zero-order valence-electron chi connectivity index (χ0n) is 9.38. The van der Waals surface area contributed by atoms with Gasteiger partial charge in [-0.2, -0.15) is 4.39 Å². The quantitative estimate of drug-likeness (QED) is 0.615. The number of hydrogen-bond donors (Lipinski definition) is 0. The summed E-state index contributed by atoms with van der Waals surface area (Å²) in [6.45, 7) is 0.281. The molecule has 0 unspecified atom stereocenters. The zero-order valence-corrected chi connectivity index (χ0v) is 9.38. The normalized spacial score (nSPS) is 10.1. The standard InChI is InChI=1S/C13H10FNO3/c14-12-7-6-11(8-13(12)15(16)17)18-9-10-4-2-1-3-5-10/h1-8H,9H2. The summed E-state index contributed by atoms with van der Waals surface area (Å²) in [5.41, 5.74) is 0.352. The van der Waals surface area contributed by atoms with E-state index in [-0.39, 0.29) is 12.4 Å². The Morgan fingerprint density at radius 3 is 2.56 bits per heavy atom. The molecule has 4 nitrogen and oxygen atoms in total. The minimum absolute atomic E-state index is 0.270. The fourth-order valence-corrected chi connectivity index (χ4v) is 1.46. The van der Waals surface area contributed by atoms with Crippen LogP contribution in [0.4, 0.5) is 10.1 Å². The molecule has 0 amide bonds. The molecular weight excluding hydrogens is 237 g/mol. The van der Waals surface area contributed by atoms with Gasteiger partial charge in [-0.05, 0) is 17.7 Å². The Kier molecular flexibility index (Phi) is 3.52. The van der Waals surface area contributed by atoms with Crippen molar-refractivity contribution in [2.45, 2.75) is 6.61 Å². The van der Waals surface area contributed by atoms with E-state index in [0.29, 0.717) is 0 Å². The third-order valence-electron chi connectivity index (χ3n) is 2.36. The second kappa shape index (κ2) is 5.27. The van der Waals surface area contributed by atoms with Crippen molar-refractivity contribution >= 4 is 5.69 Å². The largest absolute Gasteiger partial charge is 0.489 e. The maximum atomic E-state index is 13.1. The molecule has 0 saturated carbocycles. The molecule has 0 saturated heterocycles. The predicted molar refractivity (Wildman–Crippen MR) is 63.8 cm³/mol. The SMILES string of the molecule is O=[N+]([O-])c1cc(OCc2ccccc2)ccc1F. The first-order valence-corrected chi connectivity index (χ1v) is 5.27. The summed E-state index contributed by atoms with van der Waals surface area (Å²) in [5, 5.41) is 10.6. The summed E-state index contributed by atoms with van der Waals surface area (Å²) < 4.78 is 18.5. The average Bonchev–Trinajstić information content (AvgIpc) is 2.38. The summed E-state index contributed by atoms with van der Waals surface area (Å²) in [6.07, 6.45) is 0. The van der Waals surface area contributed by atoms with Gasteiger partial charge < -0.3 is 4.74 Å². The first-order valence-electron chi connectivity index (χ1n) is 5.27. The molecule has 0 aliphatic rings. The summed E-state index contributed by atoms with van der Waals surface area (Å²) in [4.78, 5) is 9.79.